The molecule has 26 heavy (non-hydrogen) atoms. The standard InChI is InChI=1S/C20H22ClFN2O2/c1-13(2)18(24-19(25)16-5-3-4-6-17(16)22)20(26)23-12-11-14-7-9-15(21)10-8-14/h3-10,13,18H,11-12H2,1-2H3,(H,23,26)(H,24,25). The Kier molecular flexibility index (Phi) is 7.16. The van der Waals surface area contributed by atoms with Crippen molar-refractivity contribution in [3.63, 3.8) is 0 Å². The summed E-state index contributed by atoms with van der Waals surface area (Å²) in [6.45, 7) is 4.08. The average molecular weight is 377 g/mol. The maximum absolute atomic E-state index is 13.7. The third-order valence-corrected chi connectivity index (χ3v) is 4.23. The fraction of sp³-hybridized carbons (Fsp3) is 0.300. The largest absolute Gasteiger partial charge is 0.354 e. The van der Waals surface area contributed by atoms with Crippen LogP contribution in [0.3, 0.4) is 0 Å². The fourth-order valence-electron chi connectivity index (χ4n) is 2.49. The Morgan fingerprint density at radius 1 is 1.08 bits per heavy atom. The van der Waals surface area contributed by atoms with Crippen LogP contribution in [0.4, 0.5) is 4.39 Å². The zero-order valence-corrected chi connectivity index (χ0v) is 15.5. The van der Waals surface area contributed by atoms with Gasteiger partial charge in [0.15, 0.2) is 0 Å². The SMILES string of the molecule is CC(C)C(NC(=O)c1ccccc1F)C(=O)NCCc1ccc(Cl)cc1. The molecular weight excluding hydrogens is 355 g/mol. The summed E-state index contributed by atoms with van der Waals surface area (Å²) < 4.78 is 13.7. The van der Waals surface area contributed by atoms with Gasteiger partial charge in [-0.1, -0.05) is 49.7 Å². The van der Waals surface area contributed by atoms with E-state index in [2.05, 4.69) is 10.6 Å². The third kappa shape index (κ3) is 5.56. The Bertz CT molecular complexity index is 763. The fourth-order valence-corrected chi connectivity index (χ4v) is 2.62. The van der Waals surface area contributed by atoms with Crippen molar-refractivity contribution in [1.82, 2.24) is 10.6 Å². The van der Waals surface area contributed by atoms with Crippen LogP contribution in [0.25, 0.3) is 0 Å². The molecule has 0 spiro atoms. The van der Waals surface area contributed by atoms with Gasteiger partial charge >= 0.3 is 0 Å². The predicted molar refractivity (Wildman–Crippen MR) is 101 cm³/mol. The molecule has 6 heteroatoms. The van der Waals surface area contributed by atoms with E-state index in [0.717, 1.165) is 5.56 Å². The molecule has 4 nitrogen and oxygen atoms in total. The van der Waals surface area contributed by atoms with Crippen LogP contribution >= 0.6 is 11.6 Å². The average Bonchev–Trinajstić information content (AvgIpc) is 2.61. The number of hydrogen-bond donors (Lipinski definition) is 2. The molecule has 138 valence electrons. The van der Waals surface area contributed by atoms with Crippen LogP contribution in [-0.4, -0.2) is 24.4 Å². The summed E-state index contributed by atoms with van der Waals surface area (Å²) in [7, 11) is 0. The molecule has 0 bridgehead atoms. The first-order valence-electron chi connectivity index (χ1n) is 8.46. The van der Waals surface area contributed by atoms with E-state index >= 15 is 0 Å². The molecule has 2 aromatic rings. The lowest BCUT2D eigenvalue weighted by Crippen LogP contribution is -2.50. The van der Waals surface area contributed by atoms with Gasteiger partial charge in [0.05, 0.1) is 5.56 Å². The third-order valence-electron chi connectivity index (χ3n) is 3.98. The van der Waals surface area contributed by atoms with Gasteiger partial charge in [-0.3, -0.25) is 9.59 Å². The smallest absolute Gasteiger partial charge is 0.254 e. The number of carbonyl (C=O) groups is 2. The van der Waals surface area contributed by atoms with Gasteiger partial charge in [-0.05, 0) is 42.2 Å². The first-order valence-corrected chi connectivity index (χ1v) is 8.84. The highest BCUT2D eigenvalue weighted by atomic mass is 35.5. The van der Waals surface area contributed by atoms with E-state index in [4.69, 9.17) is 11.6 Å². The molecule has 1 atom stereocenters. The monoisotopic (exact) mass is 376 g/mol. The van der Waals surface area contributed by atoms with Crippen molar-refractivity contribution in [1.29, 1.82) is 0 Å². The maximum Gasteiger partial charge on any atom is 0.254 e. The lowest BCUT2D eigenvalue weighted by atomic mass is 10.0. The lowest BCUT2D eigenvalue weighted by Gasteiger charge is -2.22. The van der Waals surface area contributed by atoms with Crippen LogP contribution in [0.15, 0.2) is 48.5 Å². The minimum absolute atomic E-state index is 0.0767. The quantitative estimate of drug-likeness (QED) is 0.775. The summed E-state index contributed by atoms with van der Waals surface area (Å²) in [6, 6.07) is 12.3. The van der Waals surface area contributed by atoms with Crippen LogP contribution in [0.2, 0.25) is 5.02 Å². The van der Waals surface area contributed by atoms with Crippen molar-refractivity contribution in [2.24, 2.45) is 5.92 Å². The molecule has 0 aromatic heterocycles. The maximum atomic E-state index is 13.7. The highest BCUT2D eigenvalue weighted by Crippen LogP contribution is 2.11. The minimum atomic E-state index is -0.743. The lowest BCUT2D eigenvalue weighted by molar-refractivity contribution is -0.123. The highest BCUT2D eigenvalue weighted by Gasteiger charge is 2.25. The topological polar surface area (TPSA) is 58.2 Å². The van der Waals surface area contributed by atoms with E-state index < -0.39 is 17.8 Å². The van der Waals surface area contributed by atoms with Crippen molar-refractivity contribution in [3.8, 4) is 0 Å². The van der Waals surface area contributed by atoms with Gasteiger partial charge in [-0.15, -0.1) is 0 Å². The molecule has 0 aliphatic rings. The Hall–Kier alpha value is -2.40. The van der Waals surface area contributed by atoms with E-state index in [9.17, 15) is 14.0 Å². The Labute approximate surface area is 157 Å². The molecule has 0 heterocycles. The van der Waals surface area contributed by atoms with Gasteiger partial charge in [0.2, 0.25) is 5.91 Å². The summed E-state index contributed by atoms with van der Waals surface area (Å²) in [4.78, 5) is 24.7. The van der Waals surface area contributed by atoms with E-state index in [1.807, 2.05) is 26.0 Å². The number of nitrogens with one attached hydrogen (secondary N) is 2. The Morgan fingerprint density at radius 2 is 1.73 bits per heavy atom. The second-order valence-electron chi connectivity index (χ2n) is 6.34. The van der Waals surface area contributed by atoms with Crippen molar-refractivity contribution in [2.45, 2.75) is 26.3 Å². The normalized spacial score (nSPS) is 11.9. The number of rotatable bonds is 7. The van der Waals surface area contributed by atoms with E-state index in [1.165, 1.54) is 18.2 Å². The molecule has 0 aliphatic carbocycles. The summed E-state index contributed by atoms with van der Waals surface area (Å²) >= 11 is 5.85. The number of carbonyl (C=O) groups excluding carboxylic acids is 2. The predicted octanol–water partition coefficient (Wildman–Crippen LogP) is 3.59. The second kappa shape index (κ2) is 9.34. The Morgan fingerprint density at radius 3 is 2.35 bits per heavy atom. The molecule has 1 unspecified atom stereocenters. The summed E-state index contributed by atoms with van der Waals surface area (Å²) in [5.41, 5.74) is 0.971. The zero-order chi connectivity index (χ0) is 19.1. The van der Waals surface area contributed by atoms with E-state index in [0.29, 0.717) is 18.0 Å². The second-order valence-corrected chi connectivity index (χ2v) is 6.78. The van der Waals surface area contributed by atoms with Crippen LogP contribution in [0.1, 0.15) is 29.8 Å². The summed E-state index contributed by atoms with van der Waals surface area (Å²) in [5, 5.41) is 6.10. The molecule has 0 aliphatic heterocycles. The van der Waals surface area contributed by atoms with Crippen molar-refractivity contribution in [3.05, 3.63) is 70.5 Å². The minimum Gasteiger partial charge on any atom is -0.354 e. The van der Waals surface area contributed by atoms with Gasteiger partial charge in [0.1, 0.15) is 11.9 Å². The highest BCUT2D eigenvalue weighted by molar-refractivity contribution is 6.30. The molecule has 2 N–H and O–H groups in total. The number of amides is 2. The Balaban J connectivity index is 1.93. The summed E-state index contributed by atoms with van der Waals surface area (Å²) in [5.74, 6) is -1.65. The molecule has 2 amide bonds. The molecule has 0 radical (unpaired) electrons. The summed E-state index contributed by atoms with van der Waals surface area (Å²) in [6.07, 6.45) is 0.648. The van der Waals surface area contributed by atoms with Crippen LogP contribution in [0, 0.1) is 11.7 Å². The molecule has 2 aromatic carbocycles. The number of hydrogen-bond acceptors (Lipinski definition) is 2. The van der Waals surface area contributed by atoms with Crippen molar-refractivity contribution < 1.29 is 14.0 Å². The first-order chi connectivity index (χ1) is 12.4. The molecule has 0 fully saturated rings. The molecule has 2 rings (SSSR count). The van der Waals surface area contributed by atoms with Gasteiger partial charge < -0.3 is 10.6 Å². The molecular formula is C20H22ClFN2O2. The van der Waals surface area contributed by atoms with Gasteiger partial charge in [-0.2, -0.15) is 0 Å². The van der Waals surface area contributed by atoms with Crippen molar-refractivity contribution in [2.75, 3.05) is 6.54 Å². The van der Waals surface area contributed by atoms with Crippen LogP contribution in [0.5, 0.6) is 0 Å². The van der Waals surface area contributed by atoms with Gasteiger partial charge in [-0.25, -0.2) is 4.39 Å². The van der Waals surface area contributed by atoms with E-state index in [1.54, 1.807) is 18.2 Å². The van der Waals surface area contributed by atoms with Crippen molar-refractivity contribution >= 4 is 23.4 Å². The number of benzene rings is 2. The molecule has 0 saturated heterocycles. The molecule has 0 saturated carbocycles. The zero-order valence-electron chi connectivity index (χ0n) is 14.8. The van der Waals surface area contributed by atoms with Gasteiger partial charge in [0, 0.05) is 11.6 Å². The van der Waals surface area contributed by atoms with E-state index in [-0.39, 0.29) is 17.4 Å². The van der Waals surface area contributed by atoms with Crippen LogP contribution < -0.4 is 10.6 Å². The first kappa shape index (κ1) is 19.9. The van der Waals surface area contributed by atoms with Crippen LogP contribution in [-0.2, 0) is 11.2 Å². The number of halogens is 2. The van der Waals surface area contributed by atoms with Gasteiger partial charge in [0.25, 0.3) is 5.91 Å².